The van der Waals surface area contributed by atoms with Crippen molar-refractivity contribution in [2.75, 3.05) is 6.54 Å². The standard InChI is InChI=1S/C13H14FN3O/c1-13(6-3-7-15-13)12-16-11(17-18-12)9-4-2-5-10(14)8-9/h2,4-5,8,15H,3,6-7H2,1H3. The Hall–Kier alpha value is -1.75. The second-order valence-electron chi connectivity index (χ2n) is 4.80. The minimum atomic E-state index is -0.302. The van der Waals surface area contributed by atoms with Crippen molar-refractivity contribution >= 4 is 0 Å². The molecule has 1 aromatic heterocycles. The SMILES string of the molecule is CC1(c2nc(-c3cccc(F)c3)no2)CCCN1. The monoisotopic (exact) mass is 247 g/mol. The van der Waals surface area contributed by atoms with Crippen molar-refractivity contribution in [3.8, 4) is 11.4 Å². The Morgan fingerprint density at radius 2 is 2.33 bits per heavy atom. The van der Waals surface area contributed by atoms with E-state index in [0.717, 1.165) is 19.4 Å². The van der Waals surface area contributed by atoms with E-state index in [0.29, 0.717) is 17.3 Å². The average Bonchev–Trinajstić information content (AvgIpc) is 2.98. The molecule has 1 aromatic carbocycles. The molecule has 1 unspecified atom stereocenters. The fraction of sp³-hybridized carbons (Fsp3) is 0.385. The van der Waals surface area contributed by atoms with Crippen LogP contribution in [0.4, 0.5) is 4.39 Å². The molecule has 1 aliphatic rings. The lowest BCUT2D eigenvalue weighted by atomic mass is 10.0. The van der Waals surface area contributed by atoms with Crippen LogP contribution < -0.4 is 5.32 Å². The molecule has 1 N–H and O–H groups in total. The second-order valence-corrected chi connectivity index (χ2v) is 4.80. The van der Waals surface area contributed by atoms with E-state index in [4.69, 9.17) is 4.52 Å². The fourth-order valence-electron chi connectivity index (χ4n) is 2.27. The summed E-state index contributed by atoms with van der Waals surface area (Å²) in [6, 6.07) is 6.20. The van der Waals surface area contributed by atoms with Gasteiger partial charge >= 0.3 is 0 Å². The molecule has 0 spiro atoms. The van der Waals surface area contributed by atoms with E-state index < -0.39 is 0 Å². The molecule has 2 heterocycles. The van der Waals surface area contributed by atoms with E-state index in [1.54, 1.807) is 12.1 Å². The van der Waals surface area contributed by atoms with Crippen molar-refractivity contribution in [1.82, 2.24) is 15.5 Å². The molecule has 0 radical (unpaired) electrons. The number of rotatable bonds is 2. The van der Waals surface area contributed by atoms with Gasteiger partial charge in [0.1, 0.15) is 5.82 Å². The maximum atomic E-state index is 13.1. The summed E-state index contributed by atoms with van der Waals surface area (Å²) in [5, 5.41) is 7.28. The van der Waals surface area contributed by atoms with Crippen molar-refractivity contribution in [3.05, 3.63) is 36.0 Å². The lowest BCUT2D eigenvalue weighted by Crippen LogP contribution is -2.33. The molecule has 0 saturated carbocycles. The predicted octanol–water partition coefficient (Wildman–Crippen LogP) is 2.47. The Morgan fingerprint density at radius 3 is 3.06 bits per heavy atom. The highest BCUT2D eigenvalue weighted by Gasteiger charge is 2.35. The van der Waals surface area contributed by atoms with Crippen molar-refractivity contribution < 1.29 is 8.91 Å². The van der Waals surface area contributed by atoms with Crippen LogP contribution in [0, 0.1) is 5.82 Å². The van der Waals surface area contributed by atoms with Crippen LogP contribution in [0.25, 0.3) is 11.4 Å². The zero-order chi connectivity index (χ0) is 12.6. The van der Waals surface area contributed by atoms with Gasteiger partial charge in [-0.05, 0) is 38.4 Å². The summed E-state index contributed by atoms with van der Waals surface area (Å²) in [7, 11) is 0. The van der Waals surface area contributed by atoms with Gasteiger partial charge in [0.05, 0.1) is 5.54 Å². The molecule has 1 fully saturated rings. The van der Waals surface area contributed by atoms with Crippen LogP contribution in [-0.2, 0) is 5.54 Å². The molecule has 1 saturated heterocycles. The number of hydrogen-bond acceptors (Lipinski definition) is 4. The molecule has 4 nitrogen and oxygen atoms in total. The highest BCUT2D eigenvalue weighted by atomic mass is 19.1. The van der Waals surface area contributed by atoms with Crippen LogP contribution in [0.5, 0.6) is 0 Å². The van der Waals surface area contributed by atoms with Crippen LogP contribution in [0.3, 0.4) is 0 Å². The number of halogens is 1. The Balaban J connectivity index is 1.94. The van der Waals surface area contributed by atoms with Gasteiger partial charge in [0.15, 0.2) is 0 Å². The smallest absolute Gasteiger partial charge is 0.246 e. The molecular formula is C13H14FN3O. The summed E-state index contributed by atoms with van der Waals surface area (Å²) in [6.45, 7) is 3.00. The fourth-order valence-corrected chi connectivity index (χ4v) is 2.27. The first-order chi connectivity index (χ1) is 8.67. The number of nitrogens with one attached hydrogen (secondary N) is 1. The van der Waals surface area contributed by atoms with Gasteiger partial charge in [-0.1, -0.05) is 17.3 Å². The summed E-state index contributed by atoms with van der Waals surface area (Å²) < 4.78 is 18.4. The predicted molar refractivity (Wildman–Crippen MR) is 64.3 cm³/mol. The zero-order valence-electron chi connectivity index (χ0n) is 10.1. The number of nitrogens with zero attached hydrogens (tertiary/aromatic N) is 2. The first-order valence-corrected chi connectivity index (χ1v) is 6.02. The molecule has 3 rings (SSSR count). The largest absolute Gasteiger partial charge is 0.337 e. The van der Waals surface area contributed by atoms with Crippen molar-refractivity contribution in [3.63, 3.8) is 0 Å². The van der Waals surface area contributed by atoms with Gasteiger partial charge in [-0.2, -0.15) is 4.98 Å². The van der Waals surface area contributed by atoms with Gasteiger partial charge in [0.25, 0.3) is 0 Å². The maximum Gasteiger partial charge on any atom is 0.246 e. The molecular weight excluding hydrogens is 233 g/mol. The minimum Gasteiger partial charge on any atom is -0.337 e. The molecule has 94 valence electrons. The molecule has 0 bridgehead atoms. The minimum absolute atomic E-state index is 0.251. The van der Waals surface area contributed by atoms with E-state index in [9.17, 15) is 4.39 Å². The van der Waals surface area contributed by atoms with E-state index in [1.807, 2.05) is 6.92 Å². The average molecular weight is 247 g/mol. The van der Waals surface area contributed by atoms with Gasteiger partial charge in [-0.3, -0.25) is 0 Å². The summed E-state index contributed by atoms with van der Waals surface area (Å²) >= 11 is 0. The molecule has 5 heteroatoms. The first-order valence-electron chi connectivity index (χ1n) is 6.02. The van der Waals surface area contributed by atoms with Gasteiger partial charge in [0, 0.05) is 5.56 Å². The topological polar surface area (TPSA) is 51.0 Å². The van der Waals surface area contributed by atoms with E-state index in [-0.39, 0.29) is 11.4 Å². The van der Waals surface area contributed by atoms with E-state index in [1.165, 1.54) is 12.1 Å². The highest BCUT2D eigenvalue weighted by Crippen LogP contribution is 2.30. The Labute approximate surface area is 104 Å². The highest BCUT2D eigenvalue weighted by molar-refractivity contribution is 5.54. The summed E-state index contributed by atoms with van der Waals surface area (Å²) in [6.07, 6.45) is 2.06. The molecule has 0 amide bonds. The Morgan fingerprint density at radius 1 is 1.44 bits per heavy atom. The molecule has 2 aromatic rings. The van der Waals surface area contributed by atoms with E-state index in [2.05, 4.69) is 15.5 Å². The van der Waals surface area contributed by atoms with Crippen LogP contribution in [0.1, 0.15) is 25.7 Å². The molecule has 18 heavy (non-hydrogen) atoms. The number of benzene rings is 1. The van der Waals surface area contributed by atoms with Crippen molar-refractivity contribution in [2.45, 2.75) is 25.3 Å². The lowest BCUT2D eigenvalue weighted by Gasteiger charge is -2.18. The van der Waals surface area contributed by atoms with Crippen LogP contribution in [0.2, 0.25) is 0 Å². The molecule has 1 aliphatic heterocycles. The number of hydrogen-bond donors (Lipinski definition) is 1. The van der Waals surface area contributed by atoms with Crippen molar-refractivity contribution in [1.29, 1.82) is 0 Å². The third kappa shape index (κ3) is 1.90. The van der Waals surface area contributed by atoms with E-state index >= 15 is 0 Å². The van der Waals surface area contributed by atoms with Gasteiger partial charge in [-0.15, -0.1) is 0 Å². The quantitative estimate of drug-likeness (QED) is 0.885. The third-order valence-electron chi connectivity index (χ3n) is 3.35. The van der Waals surface area contributed by atoms with Gasteiger partial charge < -0.3 is 9.84 Å². The lowest BCUT2D eigenvalue weighted by molar-refractivity contribution is 0.275. The zero-order valence-corrected chi connectivity index (χ0v) is 10.1. The van der Waals surface area contributed by atoms with Crippen LogP contribution in [-0.4, -0.2) is 16.7 Å². The van der Waals surface area contributed by atoms with Gasteiger partial charge in [0.2, 0.25) is 11.7 Å². The van der Waals surface area contributed by atoms with Crippen LogP contribution in [0.15, 0.2) is 28.8 Å². The number of aromatic nitrogens is 2. The second kappa shape index (κ2) is 4.17. The first kappa shape index (κ1) is 11.3. The molecule has 0 aliphatic carbocycles. The maximum absolute atomic E-state index is 13.1. The molecule has 1 atom stereocenters. The summed E-state index contributed by atoms with van der Waals surface area (Å²) in [4.78, 5) is 4.37. The normalized spacial score (nSPS) is 23.4. The third-order valence-corrected chi connectivity index (χ3v) is 3.35. The summed E-state index contributed by atoms with van der Waals surface area (Å²) in [5.41, 5.74) is 0.380. The van der Waals surface area contributed by atoms with Gasteiger partial charge in [-0.25, -0.2) is 4.39 Å². The summed E-state index contributed by atoms with van der Waals surface area (Å²) in [5.74, 6) is 0.697. The Bertz CT molecular complexity index is 561. The Kier molecular flexibility index (Phi) is 2.63. The van der Waals surface area contributed by atoms with Crippen LogP contribution >= 0.6 is 0 Å². The van der Waals surface area contributed by atoms with Crippen molar-refractivity contribution in [2.24, 2.45) is 0 Å².